The van der Waals surface area contributed by atoms with Crippen molar-refractivity contribution in [2.45, 2.75) is 6.10 Å². The van der Waals surface area contributed by atoms with Gasteiger partial charge < -0.3 is 4.74 Å². The lowest BCUT2D eigenvalue weighted by molar-refractivity contribution is 0.0493. The van der Waals surface area contributed by atoms with Gasteiger partial charge in [0, 0.05) is 7.11 Å². The molecule has 41 valence electrons. The first-order valence-corrected chi connectivity index (χ1v) is 2.08. The quantitative estimate of drug-likeness (QED) is 0.479. The first-order valence-electron chi connectivity index (χ1n) is 2.08. The highest BCUT2D eigenvalue weighted by atomic mass is 16.5. The lowest BCUT2D eigenvalue weighted by Gasteiger charge is -2.01. The Morgan fingerprint density at radius 2 is 2.57 bits per heavy atom. The van der Waals surface area contributed by atoms with Crippen molar-refractivity contribution in [1.82, 2.24) is 0 Å². The Bertz CT molecular complexity index is 48.0. The van der Waals surface area contributed by atoms with Crippen LogP contribution in [-0.2, 0) is 9.84 Å². The van der Waals surface area contributed by atoms with Crippen LogP contribution < -0.4 is 0 Å². The van der Waals surface area contributed by atoms with Crippen molar-refractivity contribution >= 4 is 0 Å². The Labute approximate surface area is 43.4 Å². The van der Waals surface area contributed by atoms with E-state index in [9.17, 15) is 5.11 Å². The predicted molar refractivity (Wildman–Crippen MR) is 26.5 cm³/mol. The fourth-order valence-corrected chi connectivity index (χ4v) is 0.232. The summed E-state index contributed by atoms with van der Waals surface area (Å²) >= 11 is 0. The van der Waals surface area contributed by atoms with Crippen LogP contribution in [0.3, 0.4) is 0 Å². The first-order chi connectivity index (χ1) is 3.35. The van der Waals surface area contributed by atoms with Gasteiger partial charge in [-0.25, -0.2) is 5.11 Å². The summed E-state index contributed by atoms with van der Waals surface area (Å²) in [6, 6.07) is 0. The van der Waals surface area contributed by atoms with Gasteiger partial charge in [0.2, 0.25) is 0 Å². The number of hydrogen-bond donors (Lipinski definition) is 0. The molecule has 0 N–H and O–H groups in total. The maximum Gasteiger partial charge on any atom is 0.112 e. The van der Waals surface area contributed by atoms with Crippen molar-refractivity contribution in [2.24, 2.45) is 0 Å². The second-order valence-electron chi connectivity index (χ2n) is 1.18. The van der Waals surface area contributed by atoms with Crippen molar-refractivity contribution in [3.63, 3.8) is 0 Å². The van der Waals surface area contributed by atoms with Gasteiger partial charge in [-0.05, 0) is 0 Å². The molecule has 0 rings (SSSR count). The Morgan fingerprint density at radius 1 is 2.00 bits per heavy atom. The van der Waals surface area contributed by atoms with E-state index in [0.717, 1.165) is 0 Å². The summed E-state index contributed by atoms with van der Waals surface area (Å²) in [5.41, 5.74) is 0. The van der Waals surface area contributed by atoms with Crippen molar-refractivity contribution in [2.75, 3.05) is 13.7 Å². The summed E-state index contributed by atoms with van der Waals surface area (Å²) in [6.45, 7) is 3.14. The van der Waals surface area contributed by atoms with Crippen LogP contribution in [0.4, 0.5) is 0 Å². The molecule has 0 heterocycles. The number of rotatable bonds is 3. The van der Waals surface area contributed by atoms with Gasteiger partial charge in [-0.1, -0.05) is 6.08 Å². The summed E-state index contributed by atoms with van der Waals surface area (Å²) in [7, 11) is 1.49. The van der Waals surface area contributed by atoms with Gasteiger partial charge in [0.1, 0.15) is 12.7 Å². The molecule has 0 amide bonds. The van der Waals surface area contributed by atoms with E-state index < -0.39 is 0 Å². The van der Waals surface area contributed by atoms with Crippen LogP contribution in [0.25, 0.3) is 0 Å². The summed E-state index contributed by atoms with van der Waals surface area (Å²) in [5, 5.41) is 9.90. The zero-order chi connectivity index (χ0) is 5.70. The molecular formula is C5H9O2. The van der Waals surface area contributed by atoms with Crippen molar-refractivity contribution < 1.29 is 9.84 Å². The molecule has 2 nitrogen and oxygen atoms in total. The highest BCUT2D eigenvalue weighted by Crippen LogP contribution is 1.85. The molecule has 0 aliphatic heterocycles. The Kier molecular flexibility index (Phi) is 3.65. The van der Waals surface area contributed by atoms with Crippen LogP contribution in [0.5, 0.6) is 0 Å². The minimum Gasteiger partial charge on any atom is -0.375 e. The average Bonchev–Trinajstić information content (AvgIpc) is 1.72. The molecule has 0 saturated carbocycles. The van der Waals surface area contributed by atoms with Gasteiger partial charge in [0.15, 0.2) is 0 Å². The van der Waals surface area contributed by atoms with E-state index in [1.54, 1.807) is 0 Å². The summed E-state index contributed by atoms with van der Waals surface area (Å²) in [6.07, 6.45) is 1.19. The van der Waals surface area contributed by atoms with E-state index in [0.29, 0.717) is 0 Å². The second kappa shape index (κ2) is 3.84. The van der Waals surface area contributed by atoms with Crippen LogP contribution in [0, 0.1) is 0 Å². The van der Waals surface area contributed by atoms with Crippen LogP contribution in [0.1, 0.15) is 0 Å². The topological polar surface area (TPSA) is 29.1 Å². The van der Waals surface area contributed by atoms with Gasteiger partial charge in [0.05, 0.1) is 0 Å². The van der Waals surface area contributed by atoms with Crippen LogP contribution in [0.2, 0.25) is 0 Å². The minimum atomic E-state index is -0.306. The van der Waals surface area contributed by atoms with Gasteiger partial charge in [-0.3, -0.25) is 0 Å². The lowest BCUT2D eigenvalue weighted by Crippen LogP contribution is -2.09. The summed E-state index contributed by atoms with van der Waals surface area (Å²) in [5.74, 6) is 0. The van der Waals surface area contributed by atoms with Gasteiger partial charge >= 0.3 is 0 Å². The molecule has 0 saturated heterocycles. The van der Waals surface area contributed by atoms with Crippen molar-refractivity contribution in [3.05, 3.63) is 12.7 Å². The zero-order valence-corrected chi connectivity index (χ0v) is 4.39. The maximum absolute atomic E-state index is 9.90. The molecule has 0 fully saturated rings. The third kappa shape index (κ3) is 2.37. The van der Waals surface area contributed by atoms with E-state index in [-0.39, 0.29) is 12.7 Å². The molecule has 0 aromatic rings. The summed E-state index contributed by atoms with van der Waals surface area (Å²) in [4.78, 5) is 0. The van der Waals surface area contributed by atoms with E-state index in [4.69, 9.17) is 0 Å². The Hall–Kier alpha value is -0.340. The molecular weight excluding hydrogens is 92.1 g/mol. The fraction of sp³-hybridized carbons (Fsp3) is 0.600. The van der Waals surface area contributed by atoms with E-state index in [2.05, 4.69) is 11.3 Å². The average molecular weight is 101 g/mol. The number of hydrogen-bond acceptors (Lipinski definition) is 1. The molecule has 1 radical (unpaired) electrons. The smallest absolute Gasteiger partial charge is 0.112 e. The van der Waals surface area contributed by atoms with Crippen LogP contribution >= 0.6 is 0 Å². The standard InChI is InChI=1S/C5H9O2/c1-3-5(4-6)7-2/h3,5H,1,4H2,2H3. The monoisotopic (exact) mass is 101 g/mol. The summed E-state index contributed by atoms with van der Waals surface area (Å²) < 4.78 is 4.62. The number of ether oxygens (including phenoxy) is 1. The van der Waals surface area contributed by atoms with Crippen LogP contribution in [0.15, 0.2) is 12.7 Å². The largest absolute Gasteiger partial charge is 0.375 e. The molecule has 0 spiro atoms. The molecule has 2 heteroatoms. The molecule has 7 heavy (non-hydrogen) atoms. The molecule has 0 aliphatic carbocycles. The fourth-order valence-electron chi connectivity index (χ4n) is 0.232. The number of methoxy groups -OCH3 is 1. The predicted octanol–water partition coefficient (Wildman–Crippen LogP) is 0.618. The highest BCUT2D eigenvalue weighted by molar-refractivity contribution is 4.77. The van der Waals surface area contributed by atoms with Gasteiger partial charge in [-0.2, -0.15) is 0 Å². The molecule has 0 aromatic heterocycles. The molecule has 1 unspecified atom stereocenters. The molecule has 0 bridgehead atoms. The normalized spacial score (nSPS) is 13.4. The Morgan fingerprint density at radius 3 is 2.57 bits per heavy atom. The second-order valence-corrected chi connectivity index (χ2v) is 1.18. The SMILES string of the molecule is C=CC(C[O])OC. The van der Waals surface area contributed by atoms with Gasteiger partial charge in [0.25, 0.3) is 0 Å². The minimum absolute atomic E-state index is 0.236. The van der Waals surface area contributed by atoms with E-state index >= 15 is 0 Å². The lowest BCUT2D eigenvalue weighted by atomic mass is 10.4. The van der Waals surface area contributed by atoms with Crippen LogP contribution in [-0.4, -0.2) is 19.8 Å². The highest BCUT2D eigenvalue weighted by Gasteiger charge is 1.95. The third-order valence-electron chi connectivity index (χ3n) is 0.730. The maximum atomic E-state index is 9.90. The molecule has 0 aromatic carbocycles. The molecule has 1 atom stereocenters. The Balaban J connectivity index is 3.16. The first kappa shape index (κ1) is 6.66. The van der Waals surface area contributed by atoms with E-state index in [1.807, 2.05) is 0 Å². The zero-order valence-electron chi connectivity index (χ0n) is 4.39. The van der Waals surface area contributed by atoms with Crippen molar-refractivity contribution in [3.8, 4) is 0 Å². The van der Waals surface area contributed by atoms with Crippen molar-refractivity contribution in [1.29, 1.82) is 0 Å². The van der Waals surface area contributed by atoms with Gasteiger partial charge in [-0.15, -0.1) is 6.58 Å². The third-order valence-corrected chi connectivity index (χ3v) is 0.730. The molecule has 0 aliphatic rings. The van der Waals surface area contributed by atoms with E-state index in [1.165, 1.54) is 13.2 Å².